The van der Waals surface area contributed by atoms with Crippen molar-refractivity contribution in [2.45, 2.75) is 108 Å². The van der Waals surface area contributed by atoms with Crippen LogP contribution in [0.15, 0.2) is 0 Å². The van der Waals surface area contributed by atoms with Crippen LogP contribution in [0.2, 0.25) is 0 Å². The maximum atomic E-state index is 9.84. The van der Waals surface area contributed by atoms with Gasteiger partial charge in [0.15, 0.2) is 5.05 Å². The third-order valence-electron chi connectivity index (χ3n) is 5.00. The normalized spacial score (nSPS) is 26.0. The molecule has 0 unspecified atom stereocenters. The van der Waals surface area contributed by atoms with Gasteiger partial charge in [0, 0.05) is 6.42 Å². The van der Waals surface area contributed by atoms with Crippen LogP contribution in [0.1, 0.15) is 84.0 Å². The first kappa shape index (κ1) is 23.8. The highest BCUT2D eigenvalue weighted by molar-refractivity contribution is 7.80. The molecule has 6 heteroatoms. The summed E-state index contributed by atoms with van der Waals surface area (Å²) in [5.74, 6) is 0. The van der Waals surface area contributed by atoms with Gasteiger partial charge in [0.05, 0.1) is 6.61 Å². The number of hydrogen-bond acceptors (Lipinski definition) is 6. The molecule has 0 aliphatic carbocycles. The van der Waals surface area contributed by atoms with Crippen LogP contribution >= 0.6 is 12.2 Å². The molecule has 154 valence electrons. The van der Waals surface area contributed by atoms with E-state index in [1.807, 2.05) is 0 Å². The predicted molar refractivity (Wildman–Crippen MR) is 107 cm³/mol. The van der Waals surface area contributed by atoms with Crippen molar-refractivity contribution in [2.75, 3.05) is 13.2 Å². The zero-order valence-corrected chi connectivity index (χ0v) is 17.1. The fourth-order valence-corrected chi connectivity index (χ4v) is 3.41. The molecular weight excluding hydrogens is 352 g/mol. The highest BCUT2D eigenvalue weighted by Crippen LogP contribution is 2.17. The number of hydrogen-bond donors (Lipinski definition) is 3. The van der Waals surface area contributed by atoms with Crippen LogP contribution < -0.4 is 0 Å². The van der Waals surface area contributed by atoms with E-state index < -0.39 is 24.4 Å². The number of rotatable bonds is 14. The van der Waals surface area contributed by atoms with E-state index in [2.05, 4.69) is 6.92 Å². The molecule has 1 heterocycles. The van der Waals surface area contributed by atoms with E-state index in [1.54, 1.807) is 0 Å². The van der Waals surface area contributed by atoms with Crippen LogP contribution in [0.5, 0.6) is 0 Å². The molecule has 0 spiro atoms. The number of aliphatic hydroxyl groups is 3. The topological polar surface area (TPSA) is 79.2 Å². The predicted octanol–water partition coefficient (Wildman–Crippen LogP) is 3.51. The molecule has 0 amide bonds. The molecule has 0 aromatic carbocycles. The molecule has 26 heavy (non-hydrogen) atoms. The van der Waals surface area contributed by atoms with Gasteiger partial charge in [0.2, 0.25) is 0 Å². The van der Waals surface area contributed by atoms with E-state index in [-0.39, 0.29) is 13.2 Å². The SMILES string of the molecule is CCCCCCCCCCCCCC(=S)OC[C@@H]1OC[C@@H](O)[C@H](O)[C@H]1O. The third kappa shape index (κ3) is 10.2. The van der Waals surface area contributed by atoms with Crippen molar-refractivity contribution in [3.8, 4) is 0 Å². The Bertz CT molecular complexity index is 366. The molecule has 0 radical (unpaired) electrons. The van der Waals surface area contributed by atoms with Crippen molar-refractivity contribution < 1.29 is 24.8 Å². The van der Waals surface area contributed by atoms with Crippen LogP contribution in [-0.2, 0) is 9.47 Å². The average molecular weight is 391 g/mol. The van der Waals surface area contributed by atoms with Gasteiger partial charge in [-0.25, -0.2) is 0 Å². The second-order valence-electron chi connectivity index (χ2n) is 7.39. The second kappa shape index (κ2) is 14.7. The molecule has 0 bridgehead atoms. The van der Waals surface area contributed by atoms with Crippen molar-refractivity contribution in [3.63, 3.8) is 0 Å². The monoisotopic (exact) mass is 390 g/mol. The number of aliphatic hydroxyl groups excluding tert-OH is 3. The molecule has 1 aliphatic heterocycles. The molecule has 1 fully saturated rings. The standard InChI is InChI=1S/C20H38O5S/c1-2-3-4-5-6-7-8-9-10-11-12-13-18(26)25-15-17-20(23)19(22)16(21)14-24-17/h16-17,19-23H,2-15H2,1H3/t16-,17+,19+,20+/m1/s1. The molecule has 1 saturated heterocycles. The van der Waals surface area contributed by atoms with Crippen LogP contribution in [0.25, 0.3) is 0 Å². The fraction of sp³-hybridized carbons (Fsp3) is 0.950. The van der Waals surface area contributed by atoms with Gasteiger partial charge in [0.1, 0.15) is 31.0 Å². The van der Waals surface area contributed by atoms with E-state index >= 15 is 0 Å². The van der Waals surface area contributed by atoms with Gasteiger partial charge >= 0.3 is 0 Å². The Labute approximate surface area is 164 Å². The van der Waals surface area contributed by atoms with Crippen molar-refractivity contribution >= 4 is 17.3 Å². The lowest BCUT2D eigenvalue weighted by Gasteiger charge is -2.34. The summed E-state index contributed by atoms with van der Waals surface area (Å²) in [5.41, 5.74) is 0. The van der Waals surface area contributed by atoms with Gasteiger partial charge in [-0.05, 0) is 18.6 Å². The van der Waals surface area contributed by atoms with Gasteiger partial charge in [-0.1, -0.05) is 71.1 Å². The zero-order chi connectivity index (χ0) is 19.2. The van der Waals surface area contributed by atoms with Gasteiger partial charge < -0.3 is 24.8 Å². The van der Waals surface area contributed by atoms with E-state index in [4.69, 9.17) is 21.7 Å². The molecule has 4 atom stereocenters. The molecule has 3 N–H and O–H groups in total. The van der Waals surface area contributed by atoms with Crippen molar-refractivity contribution in [3.05, 3.63) is 0 Å². The summed E-state index contributed by atoms with van der Waals surface area (Å²) in [6, 6.07) is 0. The third-order valence-corrected chi connectivity index (χ3v) is 5.32. The second-order valence-corrected chi connectivity index (χ2v) is 7.84. The van der Waals surface area contributed by atoms with Crippen LogP contribution in [0, 0.1) is 0 Å². The minimum atomic E-state index is -1.20. The quantitative estimate of drug-likeness (QED) is 0.311. The molecular formula is C20H38O5S. The minimum Gasteiger partial charge on any atom is -0.484 e. The highest BCUT2D eigenvalue weighted by Gasteiger charge is 2.37. The number of thiocarbonyl (C=S) groups is 1. The molecule has 0 aromatic rings. The zero-order valence-electron chi connectivity index (χ0n) is 16.3. The lowest BCUT2D eigenvalue weighted by molar-refractivity contribution is -0.193. The summed E-state index contributed by atoms with van der Waals surface area (Å²) < 4.78 is 10.8. The van der Waals surface area contributed by atoms with Gasteiger partial charge in [0.25, 0.3) is 0 Å². The average Bonchev–Trinajstić information content (AvgIpc) is 2.63. The number of ether oxygens (including phenoxy) is 2. The number of unbranched alkanes of at least 4 members (excludes halogenated alkanes) is 10. The summed E-state index contributed by atoms with van der Waals surface area (Å²) in [6.45, 7) is 2.36. The first-order chi connectivity index (χ1) is 12.6. The molecule has 5 nitrogen and oxygen atoms in total. The van der Waals surface area contributed by atoms with E-state index in [1.165, 1.54) is 57.8 Å². The summed E-state index contributed by atoms with van der Waals surface area (Å²) in [7, 11) is 0. The van der Waals surface area contributed by atoms with E-state index in [0.717, 1.165) is 19.3 Å². The first-order valence-electron chi connectivity index (χ1n) is 10.4. The van der Waals surface area contributed by atoms with Crippen LogP contribution in [0.3, 0.4) is 0 Å². The van der Waals surface area contributed by atoms with E-state index in [0.29, 0.717) is 5.05 Å². The van der Waals surface area contributed by atoms with Crippen LogP contribution in [-0.4, -0.2) is 58.0 Å². The van der Waals surface area contributed by atoms with Crippen LogP contribution in [0.4, 0.5) is 0 Å². The Hall–Kier alpha value is -0.270. The Morgan fingerprint density at radius 1 is 0.885 bits per heavy atom. The maximum absolute atomic E-state index is 9.84. The minimum absolute atomic E-state index is 0.00236. The van der Waals surface area contributed by atoms with E-state index in [9.17, 15) is 15.3 Å². The highest BCUT2D eigenvalue weighted by atomic mass is 32.1. The Morgan fingerprint density at radius 2 is 1.42 bits per heavy atom. The Kier molecular flexibility index (Phi) is 13.5. The van der Waals surface area contributed by atoms with Crippen molar-refractivity contribution in [1.82, 2.24) is 0 Å². The van der Waals surface area contributed by atoms with Crippen molar-refractivity contribution in [2.24, 2.45) is 0 Å². The smallest absolute Gasteiger partial charge is 0.159 e. The van der Waals surface area contributed by atoms with Gasteiger partial charge in [-0.15, -0.1) is 0 Å². The maximum Gasteiger partial charge on any atom is 0.159 e. The Morgan fingerprint density at radius 3 is 2.00 bits per heavy atom. The fourth-order valence-electron chi connectivity index (χ4n) is 3.19. The van der Waals surface area contributed by atoms with Crippen molar-refractivity contribution in [1.29, 1.82) is 0 Å². The lowest BCUT2D eigenvalue weighted by atomic mass is 10.0. The Balaban J connectivity index is 1.93. The summed E-state index contributed by atoms with van der Waals surface area (Å²) >= 11 is 5.21. The molecule has 1 aliphatic rings. The summed E-state index contributed by atoms with van der Waals surface area (Å²) in [5, 5.41) is 29.4. The van der Waals surface area contributed by atoms with Gasteiger partial charge in [-0.2, -0.15) is 0 Å². The van der Waals surface area contributed by atoms with Gasteiger partial charge in [-0.3, -0.25) is 0 Å². The first-order valence-corrected chi connectivity index (χ1v) is 10.8. The largest absolute Gasteiger partial charge is 0.484 e. The summed E-state index contributed by atoms with van der Waals surface area (Å²) in [6.07, 6.45) is 10.9. The lowest BCUT2D eigenvalue weighted by Crippen LogP contribution is -2.54. The molecule has 1 rings (SSSR count). The molecule has 0 saturated carbocycles. The molecule has 0 aromatic heterocycles. The summed E-state index contributed by atoms with van der Waals surface area (Å²) in [4.78, 5) is 0.